The van der Waals surface area contributed by atoms with Crippen molar-refractivity contribution in [1.29, 1.82) is 5.26 Å². The van der Waals surface area contributed by atoms with Gasteiger partial charge in [-0.2, -0.15) is 5.26 Å². The molecule has 0 fully saturated rings. The fraction of sp³-hybridized carbons (Fsp3) is 0. The zero-order valence-electron chi connectivity index (χ0n) is 14.5. The van der Waals surface area contributed by atoms with Gasteiger partial charge in [-0.1, -0.05) is 60.7 Å². The summed E-state index contributed by atoms with van der Waals surface area (Å²) in [7, 11) is 0. The molecule has 4 rings (SSSR count). The molecule has 0 bridgehead atoms. The van der Waals surface area contributed by atoms with E-state index >= 15 is 0 Å². The second-order valence-electron chi connectivity index (χ2n) is 5.96. The summed E-state index contributed by atoms with van der Waals surface area (Å²) in [6.07, 6.45) is 0. The molecule has 134 valence electrons. The number of rotatable bonds is 3. The Morgan fingerprint density at radius 3 is 1.64 bits per heavy atom. The smallest absolute Gasteiger partial charge is 0.167 e. The van der Waals surface area contributed by atoms with E-state index in [-0.39, 0.29) is 17.0 Å². The van der Waals surface area contributed by atoms with Crippen molar-refractivity contribution in [2.45, 2.75) is 0 Å². The highest BCUT2D eigenvalue weighted by Crippen LogP contribution is 2.27. The molecule has 0 radical (unpaired) electrons. The van der Waals surface area contributed by atoms with Crippen molar-refractivity contribution in [2.24, 2.45) is 0 Å². The minimum Gasteiger partial charge on any atom is -0.208 e. The van der Waals surface area contributed by atoms with Gasteiger partial charge in [-0.3, -0.25) is 0 Å². The maximum atomic E-state index is 14.5. The van der Waals surface area contributed by atoms with Crippen molar-refractivity contribution < 1.29 is 8.78 Å². The number of nitrogens with zero attached hydrogens (tertiary/aromatic N) is 4. The lowest BCUT2D eigenvalue weighted by atomic mass is 10.1. The normalized spacial score (nSPS) is 10.5. The largest absolute Gasteiger partial charge is 0.208 e. The van der Waals surface area contributed by atoms with Gasteiger partial charge in [0.25, 0.3) is 0 Å². The van der Waals surface area contributed by atoms with Crippen LogP contribution < -0.4 is 0 Å². The van der Waals surface area contributed by atoms with Crippen LogP contribution in [0.5, 0.6) is 0 Å². The number of hydrogen-bond donors (Lipinski definition) is 0. The van der Waals surface area contributed by atoms with Gasteiger partial charge in [-0.25, -0.2) is 23.7 Å². The lowest BCUT2D eigenvalue weighted by Crippen LogP contribution is -2.02. The number of nitriles is 1. The molecule has 0 unspecified atom stereocenters. The summed E-state index contributed by atoms with van der Waals surface area (Å²) >= 11 is 0. The Morgan fingerprint density at radius 2 is 1.14 bits per heavy atom. The van der Waals surface area contributed by atoms with Crippen molar-refractivity contribution in [3.05, 3.63) is 90.0 Å². The van der Waals surface area contributed by atoms with Gasteiger partial charge in [0, 0.05) is 17.2 Å². The molecule has 0 aliphatic rings. The second-order valence-corrected chi connectivity index (χ2v) is 5.96. The van der Waals surface area contributed by atoms with E-state index in [9.17, 15) is 8.78 Å². The van der Waals surface area contributed by atoms with E-state index < -0.39 is 11.6 Å². The molecule has 1 aromatic heterocycles. The highest BCUT2D eigenvalue weighted by molar-refractivity contribution is 5.67. The summed E-state index contributed by atoms with van der Waals surface area (Å²) in [5.41, 5.74) is 1.12. The Kier molecular flexibility index (Phi) is 4.56. The number of aromatic nitrogens is 3. The third-order valence-electron chi connectivity index (χ3n) is 4.12. The summed E-state index contributed by atoms with van der Waals surface area (Å²) in [5.74, 6) is -1.04. The predicted molar refractivity (Wildman–Crippen MR) is 101 cm³/mol. The molecule has 0 spiro atoms. The Hall–Kier alpha value is -3.98. The first-order valence-electron chi connectivity index (χ1n) is 8.42. The van der Waals surface area contributed by atoms with Crippen LogP contribution in [0, 0.1) is 23.0 Å². The molecule has 4 aromatic rings. The second kappa shape index (κ2) is 7.33. The van der Waals surface area contributed by atoms with Crippen LogP contribution in [0.4, 0.5) is 8.78 Å². The molecule has 4 nitrogen and oxygen atoms in total. The maximum Gasteiger partial charge on any atom is 0.167 e. The van der Waals surface area contributed by atoms with Gasteiger partial charge in [-0.15, -0.1) is 0 Å². The lowest BCUT2D eigenvalue weighted by molar-refractivity contribution is 0.582. The summed E-state index contributed by atoms with van der Waals surface area (Å²) < 4.78 is 28.2. The van der Waals surface area contributed by atoms with Crippen LogP contribution in [-0.4, -0.2) is 15.0 Å². The maximum absolute atomic E-state index is 14.5. The molecule has 3 aromatic carbocycles. The van der Waals surface area contributed by atoms with Gasteiger partial charge < -0.3 is 0 Å². The van der Waals surface area contributed by atoms with Crippen LogP contribution in [0.2, 0.25) is 0 Å². The Balaban J connectivity index is 1.97. The highest BCUT2D eigenvalue weighted by Gasteiger charge is 2.17. The van der Waals surface area contributed by atoms with Gasteiger partial charge in [0.15, 0.2) is 17.5 Å². The van der Waals surface area contributed by atoms with E-state index in [1.165, 1.54) is 0 Å². The minimum absolute atomic E-state index is 0.0294. The van der Waals surface area contributed by atoms with Crippen LogP contribution in [0.15, 0.2) is 72.8 Å². The standard InChI is InChI=1S/C22H12F2N4/c23-18-12-19(24)17(11-16(18)13-25)22-27-20(14-7-3-1-4-8-14)26-21(28-22)15-9-5-2-6-10-15/h1-12H. The zero-order chi connectivity index (χ0) is 19.5. The first-order valence-corrected chi connectivity index (χ1v) is 8.42. The Bertz CT molecular complexity index is 1130. The molecule has 0 N–H and O–H groups in total. The topological polar surface area (TPSA) is 62.5 Å². The van der Waals surface area contributed by atoms with E-state index in [1.807, 2.05) is 60.7 Å². The summed E-state index contributed by atoms with van der Waals surface area (Å²) in [4.78, 5) is 13.2. The molecule has 0 saturated heterocycles. The molecule has 0 saturated carbocycles. The van der Waals surface area contributed by atoms with E-state index in [1.54, 1.807) is 6.07 Å². The molecule has 1 heterocycles. The van der Waals surface area contributed by atoms with Gasteiger partial charge >= 0.3 is 0 Å². The molecule has 28 heavy (non-hydrogen) atoms. The minimum atomic E-state index is -0.927. The third-order valence-corrected chi connectivity index (χ3v) is 4.12. The quantitative estimate of drug-likeness (QED) is 0.508. The molecule has 0 amide bonds. The molecular weight excluding hydrogens is 358 g/mol. The molecule has 6 heteroatoms. The Labute approximate surface area is 159 Å². The average molecular weight is 370 g/mol. The van der Waals surface area contributed by atoms with E-state index in [4.69, 9.17) is 5.26 Å². The van der Waals surface area contributed by atoms with Crippen LogP contribution in [0.25, 0.3) is 34.2 Å². The summed E-state index contributed by atoms with van der Waals surface area (Å²) in [6, 6.07) is 21.9. The van der Waals surface area contributed by atoms with Gasteiger partial charge in [0.05, 0.1) is 11.1 Å². The molecule has 0 atom stereocenters. The van der Waals surface area contributed by atoms with E-state index in [2.05, 4.69) is 15.0 Å². The average Bonchev–Trinajstić information content (AvgIpc) is 2.75. The van der Waals surface area contributed by atoms with E-state index in [0.29, 0.717) is 17.7 Å². The van der Waals surface area contributed by atoms with Crippen molar-refractivity contribution in [3.8, 4) is 40.2 Å². The summed E-state index contributed by atoms with van der Waals surface area (Å²) in [6.45, 7) is 0. The first-order chi connectivity index (χ1) is 13.7. The van der Waals surface area contributed by atoms with Gasteiger partial charge in [0.2, 0.25) is 0 Å². The predicted octanol–water partition coefficient (Wildman–Crippen LogP) is 5.02. The van der Waals surface area contributed by atoms with Crippen LogP contribution in [0.1, 0.15) is 5.56 Å². The molecule has 0 aliphatic heterocycles. The number of halogens is 2. The zero-order valence-corrected chi connectivity index (χ0v) is 14.5. The summed E-state index contributed by atoms with van der Waals surface area (Å²) in [5, 5.41) is 9.08. The lowest BCUT2D eigenvalue weighted by Gasteiger charge is -2.09. The fourth-order valence-corrected chi connectivity index (χ4v) is 2.74. The SMILES string of the molecule is N#Cc1cc(-c2nc(-c3ccccc3)nc(-c3ccccc3)n2)c(F)cc1F. The van der Waals surface area contributed by atoms with E-state index in [0.717, 1.165) is 17.2 Å². The van der Waals surface area contributed by atoms with Crippen LogP contribution in [0.3, 0.4) is 0 Å². The number of hydrogen-bond acceptors (Lipinski definition) is 4. The van der Waals surface area contributed by atoms with Crippen molar-refractivity contribution >= 4 is 0 Å². The first kappa shape index (κ1) is 17.4. The van der Waals surface area contributed by atoms with Crippen molar-refractivity contribution in [2.75, 3.05) is 0 Å². The molecule has 0 aliphatic carbocycles. The van der Waals surface area contributed by atoms with Crippen LogP contribution >= 0.6 is 0 Å². The highest BCUT2D eigenvalue weighted by atomic mass is 19.1. The third kappa shape index (κ3) is 3.33. The number of benzene rings is 3. The van der Waals surface area contributed by atoms with Gasteiger partial charge in [-0.05, 0) is 6.07 Å². The Morgan fingerprint density at radius 1 is 0.643 bits per heavy atom. The van der Waals surface area contributed by atoms with Crippen molar-refractivity contribution in [3.63, 3.8) is 0 Å². The van der Waals surface area contributed by atoms with Crippen LogP contribution in [-0.2, 0) is 0 Å². The fourth-order valence-electron chi connectivity index (χ4n) is 2.74. The van der Waals surface area contributed by atoms with Crippen molar-refractivity contribution in [1.82, 2.24) is 15.0 Å². The monoisotopic (exact) mass is 370 g/mol. The van der Waals surface area contributed by atoms with Gasteiger partial charge in [0.1, 0.15) is 17.7 Å². The molecular formula is C22H12F2N4.